The van der Waals surface area contributed by atoms with Crippen molar-refractivity contribution >= 4 is 5.91 Å². The molecule has 0 N–H and O–H groups in total. The molecule has 0 aliphatic heterocycles. The number of amides is 1. The van der Waals surface area contributed by atoms with Gasteiger partial charge in [0.15, 0.2) is 0 Å². The summed E-state index contributed by atoms with van der Waals surface area (Å²) in [6.07, 6.45) is 0.774. The van der Waals surface area contributed by atoms with Gasteiger partial charge in [0.05, 0.1) is 19.8 Å². The standard InChI is InChI=1S/C12H17NO3/c1-5-9-7-6-8-10(15-3)11(9)12(14)13(2)16-4/h6-8H,5H2,1-4H3. The van der Waals surface area contributed by atoms with Crippen LogP contribution in [0.3, 0.4) is 0 Å². The molecular formula is C12H17NO3. The second-order valence-corrected chi connectivity index (χ2v) is 3.33. The van der Waals surface area contributed by atoms with Crippen molar-refractivity contribution in [2.45, 2.75) is 13.3 Å². The summed E-state index contributed by atoms with van der Waals surface area (Å²) in [6, 6.07) is 5.57. The van der Waals surface area contributed by atoms with Crippen LogP contribution in [0.4, 0.5) is 0 Å². The Bertz CT molecular complexity index is 354. The number of aryl methyl sites for hydroxylation is 1. The molecule has 1 amide bonds. The topological polar surface area (TPSA) is 38.8 Å². The van der Waals surface area contributed by atoms with Crippen LogP contribution in [-0.4, -0.2) is 32.2 Å². The molecule has 1 aromatic rings. The molecule has 0 aliphatic carbocycles. The molecule has 0 unspecified atom stereocenters. The third kappa shape index (κ3) is 2.33. The molecule has 0 saturated carbocycles. The third-order valence-electron chi connectivity index (χ3n) is 2.49. The zero-order valence-corrected chi connectivity index (χ0v) is 10.1. The molecule has 0 radical (unpaired) electrons. The first-order valence-corrected chi connectivity index (χ1v) is 5.13. The fraction of sp³-hybridized carbons (Fsp3) is 0.417. The average molecular weight is 223 g/mol. The van der Waals surface area contributed by atoms with Gasteiger partial charge in [-0.1, -0.05) is 19.1 Å². The molecule has 1 aromatic carbocycles. The number of rotatable bonds is 4. The lowest BCUT2D eigenvalue weighted by molar-refractivity contribution is -0.0759. The summed E-state index contributed by atoms with van der Waals surface area (Å²) in [4.78, 5) is 16.9. The van der Waals surface area contributed by atoms with Crippen LogP contribution in [-0.2, 0) is 11.3 Å². The van der Waals surface area contributed by atoms with Gasteiger partial charge >= 0.3 is 0 Å². The second kappa shape index (κ2) is 5.51. The van der Waals surface area contributed by atoms with E-state index in [9.17, 15) is 4.79 Å². The highest BCUT2D eigenvalue weighted by Gasteiger charge is 2.19. The van der Waals surface area contributed by atoms with E-state index >= 15 is 0 Å². The first kappa shape index (κ1) is 12.5. The number of benzene rings is 1. The van der Waals surface area contributed by atoms with E-state index in [2.05, 4.69) is 0 Å². The van der Waals surface area contributed by atoms with E-state index in [4.69, 9.17) is 9.57 Å². The van der Waals surface area contributed by atoms with E-state index in [1.54, 1.807) is 20.2 Å². The molecule has 0 aliphatic rings. The summed E-state index contributed by atoms with van der Waals surface area (Å²) in [5.41, 5.74) is 1.52. The highest BCUT2D eigenvalue weighted by Crippen LogP contribution is 2.24. The van der Waals surface area contributed by atoms with Crippen molar-refractivity contribution in [1.82, 2.24) is 5.06 Å². The Morgan fingerprint density at radius 2 is 2.06 bits per heavy atom. The molecule has 0 bridgehead atoms. The van der Waals surface area contributed by atoms with Crippen LogP contribution >= 0.6 is 0 Å². The van der Waals surface area contributed by atoms with Crippen LogP contribution in [0.15, 0.2) is 18.2 Å². The van der Waals surface area contributed by atoms with E-state index in [0.29, 0.717) is 11.3 Å². The molecule has 16 heavy (non-hydrogen) atoms. The summed E-state index contributed by atoms with van der Waals surface area (Å²) in [5, 5.41) is 1.19. The number of nitrogens with zero attached hydrogens (tertiary/aromatic N) is 1. The monoisotopic (exact) mass is 223 g/mol. The van der Waals surface area contributed by atoms with Gasteiger partial charge in [-0.15, -0.1) is 0 Å². The van der Waals surface area contributed by atoms with Gasteiger partial charge in [0.1, 0.15) is 5.75 Å². The van der Waals surface area contributed by atoms with Crippen LogP contribution in [0.1, 0.15) is 22.8 Å². The highest BCUT2D eigenvalue weighted by molar-refractivity contribution is 5.97. The van der Waals surface area contributed by atoms with E-state index in [-0.39, 0.29) is 5.91 Å². The summed E-state index contributed by atoms with van der Waals surface area (Å²) >= 11 is 0. The van der Waals surface area contributed by atoms with Crippen molar-refractivity contribution in [3.8, 4) is 5.75 Å². The van der Waals surface area contributed by atoms with Crippen LogP contribution in [0.5, 0.6) is 5.75 Å². The van der Waals surface area contributed by atoms with Gasteiger partial charge in [-0.05, 0) is 18.1 Å². The van der Waals surface area contributed by atoms with Gasteiger partial charge in [0, 0.05) is 7.05 Å². The normalized spacial score (nSPS) is 10.0. The predicted molar refractivity (Wildman–Crippen MR) is 61.5 cm³/mol. The van der Waals surface area contributed by atoms with Crippen LogP contribution in [0.25, 0.3) is 0 Å². The van der Waals surface area contributed by atoms with Crippen molar-refractivity contribution in [2.24, 2.45) is 0 Å². The van der Waals surface area contributed by atoms with E-state index < -0.39 is 0 Å². The van der Waals surface area contributed by atoms with Crippen molar-refractivity contribution in [3.05, 3.63) is 29.3 Å². The number of hydroxylamine groups is 2. The third-order valence-corrected chi connectivity index (χ3v) is 2.49. The van der Waals surface area contributed by atoms with Gasteiger partial charge in [0.25, 0.3) is 5.91 Å². The summed E-state index contributed by atoms with van der Waals surface area (Å²) in [6.45, 7) is 2.00. The van der Waals surface area contributed by atoms with Gasteiger partial charge in [-0.3, -0.25) is 9.63 Å². The molecule has 0 heterocycles. The lowest BCUT2D eigenvalue weighted by Gasteiger charge is -2.18. The highest BCUT2D eigenvalue weighted by atomic mass is 16.7. The molecule has 1 rings (SSSR count). The largest absolute Gasteiger partial charge is 0.496 e. The number of ether oxygens (including phenoxy) is 1. The van der Waals surface area contributed by atoms with Crippen molar-refractivity contribution < 1.29 is 14.4 Å². The zero-order chi connectivity index (χ0) is 12.1. The minimum absolute atomic E-state index is 0.197. The molecule has 4 heteroatoms. The van der Waals surface area contributed by atoms with Crippen LogP contribution in [0, 0.1) is 0 Å². The summed E-state index contributed by atoms with van der Waals surface area (Å²) in [5.74, 6) is 0.380. The molecule has 4 nitrogen and oxygen atoms in total. The molecule has 0 saturated heterocycles. The second-order valence-electron chi connectivity index (χ2n) is 3.33. The first-order valence-electron chi connectivity index (χ1n) is 5.13. The Hall–Kier alpha value is -1.55. The van der Waals surface area contributed by atoms with Crippen LogP contribution in [0.2, 0.25) is 0 Å². The Labute approximate surface area is 95.7 Å². The van der Waals surface area contributed by atoms with Gasteiger partial charge in [-0.2, -0.15) is 0 Å². The lowest BCUT2D eigenvalue weighted by Crippen LogP contribution is -2.26. The van der Waals surface area contributed by atoms with Crippen molar-refractivity contribution in [3.63, 3.8) is 0 Å². The zero-order valence-electron chi connectivity index (χ0n) is 10.1. The molecule has 88 valence electrons. The molecular weight excluding hydrogens is 206 g/mol. The quantitative estimate of drug-likeness (QED) is 0.732. The van der Waals surface area contributed by atoms with E-state index in [0.717, 1.165) is 12.0 Å². The maximum atomic E-state index is 12.1. The molecule has 0 fully saturated rings. The molecule has 0 atom stereocenters. The van der Waals surface area contributed by atoms with Gasteiger partial charge in [-0.25, -0.2) is 5.06 Å². The maximum absolute atomic E-state index is 12.1. The summed E-state index contributed by atoms with van der Waals surface area (Å²) in [7, 11) is 4.59. The molecule has 0 aromatic heterocycles. The number of carbonyl (C=O) groups excluding carboxylic acids is 1. The predicted octanol–water partition coefficient (Wildman–Crippen LogP) is 1.89. The number of hydrogen-bond acceptors (Lipinski definition) is 3. The van der Waals surface area contributed by atoms with E-state index in [1.807, 2.05) is 19.1 Å². The number of methoxy groups -OCH3 is 1. The minimum Gasteiger partial charge on any atom is -0.496 e. The smallest absolute Gasteiger partial charge is 0.281 e. The van der Waals surface area contributed by atoms with Crippen molar-refractivity contribution in [1.29, 1.82) is 0 Å². The molecule has 0 spiro atoms. The maximum Gasteiger partial charge on any atom is 0.281 e. The fourth-order valence-corrected chi connectivity index (χ4v) is 1.52. The lowest BCUT2D eigenvalue weighted by atomic mass is 10.0. The van der Waals surface area contributed by atoms with Gasteiger partial charge in [0.2, 0.25) is 0 Å². The number of carbonyl (C=O) groups is 1. The number of hydrogen-bond donors (Lipinski definition) is 0. The van der Waals surface area contributed by atoms with E-state index in [1.165, 1.54) is 12.2 Å². The Kier molecular flexibility index (Phi) is 4.31. The average Bonchev–Trinajstić information content (AvgIpc) is 2.35. The SMILES string of the molecule is CCc1cccc(OC)c1C(=O)N(C)OC. The Balaban J connectivity index is 3.23. The minimum atomic E-state index is -0.197. The Morgan fingerprint density at radius 1 is 1.38 bits per heavy atom. The van der Waals surface area contributed by atoms with Gasteiger partial charge < -0.3 is 4.74 Å². The first-order chi connectivity index (χ1) is 7.65. The Morgan fingerprint density at radius 3 is 2.56 bits per heavy atom. The fourth-order valence-electron chi connectivity index (χ4n) is 1.52. The van der Waals surface area contributed by atoms with Crippen LogP contribution < -0.4 is 4.74 Å². The van der Waals surface area contributed by atoms with Crippen molar-refractivity contribution in [2.75, 3.05) is 21.3 Å². The summed E-state index contributed by atoms with van der Waals surface area (Å²) < 4.78 is 5.20.